The fourth-order valence-electron chi connectivity index (χ4n) is 1.73. The number of ether oxygens (including phenoxy) is 1. The molecule has 1 amide bonds. The van der Waals surface area contributed by atoms with Gasteiger partial charge in [-0.3, -0.25) is 4.79 Å². The predicted octanol–water partition coefficient (Wildman–Crippen LogP) is 1.82. The van der Waals surface area contributed by atoms with Crippen LogP contribution in [0.25, 0.3) is 0 Å². The van der Waals surface area contributed by atoms with Crippen LogP contribution in [0.3, 0.4) is 0 Å². The number of benzene rings is 1. The van der Waals surface area contributed by atoms with Gasteiger partial charge in [-0.2, -0.15) is 0 Å². The molecule has 0 fully saturated rings. The topological polar surface area (TPSA) is 58.6 Å². The monoisotopic (exact) mass is 265 g/mol. The van der Waals surface area contributed by atoms with Crippen LogP contribution in [0.4, 0.5) is 0 Å². The number of aliphatic hydroxyl groups is 1. The molecule has 1 aromatic rings. The fourth-order valence-corrected chi connectivity index (χ4v) is 1.73. The van der Waals surface area contributed by atoms with Crippen LogP contribution >= 0.6 is 0 Å². The highest BCUT2D eigenvalue weighted by Gasteiger charge is 2.26. The Morgan fingerprint density at radius 2 is 2.11 bits per heavy atom. The first-order valence-corrected chi connectivity index (χ1v) is 6.39. The molecule has 0 aromatic heterocycles. The molecule has 2 N–H and O–H groups in total. The molecule has 4 heteroatoms. The molecule has 0 aliphatic carbocycles. The molecule has 0 spiro atoms. The Hall–Kier alpha value is -1.55. The first-order chi connectivity index (χ1) is 8.76. The lowest BCUT2D eigenvalue weighted by atomic mass is 9.98. The minimum Gasteiger partial charge on any atom is -0.496 e. The number of carbonyl (C=O) groups is 1. The van der Waals surface area contributed by atoms with Gasteiger partial charge < -0.3 is 15.2 Å². The Labute approximate surface area is 114 Å². The lowest BCUT2D eigenvalue weighted by Gasteiger charge is -2.29. The molecule has 0 saturated carbocycles. The number of methoxy groups -OCH3 is 1. The molecule has 0 aliphatic heterocycles. The Bertz CT molecular complexity index is 453. The summed E-state index contributed by atoms with van der Waals surface area (Å²) in [6.07, 6.45) is -0.378. The third-order valence-corrected chi connectivity index (χ3v) is 3.29. The molecular weight excluding hydrogens is 242 g/mol. The Morgan fingerprint density at radius 3 is 2.63 bits per heavy atom. The van der Waals surface area contributed by atoms with Gasteiger partial charge in [-0.15, -0.1) is 0 Å². The third-order valence-electron chi connectivity index (χ3n) is 3.29. The molecule has 0 radical (unpaired) electrons. The van der Waals surface area contributed by atoms with Gasteiger partial charge in [-0.05, 0) is 33.8 Å². The van der Waals surface area contributed by atoms with Gasteiger partial charge >= 0.3 is 0 Å². The third kappa shape index (κ3) is 4.24. The highest BCUT2D eigenvalue weighted by molar-refractivity contribution is 5.80. The quantitative estimate of drug-likeness (QED) is 0.854. The number of hydrogen-bond acceptors (Lipinski definition) is 3. The average Bonchev–Trinajstić information content (AvgIpc) is 2.28. The van der Waals surface area contributed by atoms with Crippen LogP contribution in [-0.2, 0) is 11.2 Å². The van der Waals surface area contributed by atoms with Crippen molar-refractivity contribution >= 4 is 5.91 Å². The molecule has 0 bridgehead atoms. The molecule has 4 nitrogen and oxygen atoms in total. The van der Waals surface area contributed by atoms with Gasteiger partial charge in [-0.1, -0.05) is 17.7 Å². The van der Waals surface area contributed by atoms with Gasteiger partial charge in [0.2, 0.25) is 5.91 Å². The zero-order chi connectivity index (χ0) is 14.6. The highest BCUT2D eigenvalue weighted by Crippen LogP contribution is 2.20. The molecule has 19 heavy (non-hydrogen) atoms. The van der Waals surface area contributed by atoms with Crippen molar-refractivity contribution in [1.29, 1.82) is 0 Å². The van der Waals surface area contributed by atoms with E-state index >= 15 is 0 Å². The molecule has 1 atom stereocenters. The SMILES string of the molecule is COc1ccc(C)cc1CC(=O)NC(C)(C)C(C)O. The van der Waals surface area contributed by atoms with E-state index in [1.54, 1.807) is 27.9 Å². The summed E-state index contributed by atoms with van der Waals surface area (Å²) < 4.78 is 5.25. The molecule has 0 saturated heterocycles. The van der Waals surface area contributed by atoms with Crippen LogP contribution < -0.4 is 10.1 Å². The zero-order valence-corrected chi connectivity index (χ0v) is 12.3. The number of aliphatic hydroxyl groups excluding tert-OH is 1. The number of rotatable bonds is 5. The molecule has 1 rings (SSSR count). The molecule has 0 aliphatic rings. The smallest absolute Gasteiger partial charge is 0.225 e. The van der Waals surface area contributed by atoms with Gasteiger partial charge in [0.25, 0.3) is 0 Å². The van der Waals surface area contributed by atoms with E-state index < -0.39 is 11.6 Å². The number of amides is 1. The first-order valence-electron chi connectivity index (χ1n) is 6.39. The minimum absolute atomic E-state index is 0.130. The van der Waals surface area contributed by atoms with Crippen molar-refractivity contribution in [2.45, 2.75) is 45.8 Å². The van der Waals surface area contributed by atoms with Crippen molar-refractivity contribution in [2.75, 3.05) is 7.11 Å². The van der Waals surface area contributed by atoms with Crippen molar-refractivity contribution < 1.29 is 14.6 Å². The maximum absolute atomic E-state index is 12.0. The molecule has 0 heterocycles. The summed E-state index contributed by atoms with van der Waals surface area (Å²) in [6, 6.07) is 5.74. The fraction of sp³-hybridized carbons (Fsp3) is 0.533. The van der Waals surface area contributed by atoms with E-state index in [2.05, 4.69) is 5.32 Å². The summed E-state index contributed by atoms with van der Waals surface area (Å²) in [7, 11) is 1.59. The second-order valence-electron chi connectivity index (χ2n) is 5.44. The van der Waals surface area contributed by atoms with Gasteiger partial charge in [0.05, 0.1) is 25.2 Å². The van der Waals surface area contributed by atoms with Gasteiger partial charge in [0.1, 0.15) is 5.75 Å². The highest BCUT2D eigenvalue weighted by atomic mass is 16.5. The summed E-state index contributed by atoms with van der Waals surface area (Å²) in [5, 5.41) is 12.4. The van der Waals surface area contributed by atoms with E-state index in [-0.39, 0.29) is 12.3 Å². The Balaban J connectivity index is 2.80. The zero-order valence-electron chi connectivity index (χ0n) is 12.3. The van der Waals surface area contributed by atoms with Gasteiger partial charge in [0, 0.05) is 5.56 Å². The summed E-state index contributed by atoms with van der Waals surface area (Å²) in [5.74, 6) is 0.574. The van der Waals surface area contributed by atoms with Crippen LogP contribution in [0.5, 0.6) is 5.75 Å². The van der Waals surface area contributed by atoms with E-state index in [4.69, 9.17) is 4.74 Å². The number of carbonyl (C=O) groups excluding carboxylic acids is 1. The predicted molar refractivity (Wildman–Crippen MR) is 75.3 cm³/mol. The van der Waals surface area contributed by atoms with Crippen molar-refractivity contribution in [1.82, 2.24) is 5.32 Å². The van der Waals surface area contributed by atoms with E-state index in [9.17, 15) is 9.90 Å². The van der Waals surface area contributed by atoms with Crippen LogP contribution in [0.1, 0.15) is 31.9 Å². The molecule has 1 aromatic carbocycles. The van der Waals surface area contributed by atoms with E-state index in [0.717, 1.165) is 11.1 Å². The van der Waals surface area contributed by atoms with E-state index in [0.29, 0.717) is 5.75 Å². The maximum atomic E-state index is 12.0. The Kier molecular flexibility index (Phi) is 4.95. The van der Waals surface area contributed by atoms with Crippen molar-refractivity contribution in [3.8, 4) is 5.75 Å². The minimum atomic E-state index is -0.645. The summed E-state index contributed by atoms with van der Waals surface area (Å²) >= 11 is 0. The summed E-state index contributed by atoms with van der Waals surface area (Å²) in [5.41, 5.74) is 1.29. The Morgan fingerprint density at radius 1 is 1.47 bits per heavy atom. The molecule has 1 unspecified atom stereocenters. The van der Waals surface area contributed by atoms with Gasteiger partial charge in [-0.25, -0.2) is 0 Å². The standard InChI is InChI=1S/C15H23NO3/c1-10-6-7-13(19-5)12(8-10)9-14(18)16-15(3,4)11(2)17/h6-8,11,17H,9H2,1-5H3,(H,16,18). The van der Waals surface area contributed by atoms with Crippen LogP contribution in [0, 0.1) is 6.92 Å². The van der Waals surface area contributed by atoms with E-state index in [1.807, 2.05) is 25.1 Å². The van der Waals surface area contributed by atoms with Crippen LogP contribution in [0.2, 0.25) is 0 Å². The summed E-state index contributed by atoms with van der Waals surface area (Å²) in [6.45, 7) is 7.22. The lowest BCUT2D eigenvalue weighted by molar-refractivity contribution is -0.123. The van der Waals surface area contributed by atoms with Crippen molar-refractivity contribution in [2.24, 2.45) is 0 Å². The second kappa shape index (κ2) is 6.06. The van der Waals surface area contributed by atoms with Crippen LogP contribution in [0.15, 0.2) is 18.2 Å². The lowest BCUT2D eigenvalue weighted by Crippen LogP contribution is -2.51. The normalized spacial score (nSPS) is 12.9. The largest absolute Gasteiger partial charge is 0.496 e. The number of hydrogen-bond donors (Lipinski definition) is 2. The summed E-state index contributed by atoms with van der Waals surface area (Å²) in [4.78, 5) is 12.0. The molecule has 106 valence electrons. The average molecular weight is 265 g/mol. The van der Waals surface area contributed by atoms with Crippen molar-refractivity contribution in [3.05, 3.63) is 29.3 Å². The van der Waals surface area contributed by atoms with Crippen LogP contribution in [-0.4, -0.2) is 29.8 Å². The first kappa shape index (κ1) is 15.5. The van der Waals surface area contributed by atoms with Crippen molar-refractivity contribution in [3.63, 3.8) is 0 Å². The maximum Gasteiger partial charge on any atom is 0.225 e. The number of aryl methyl sites for hydroxylation is 1. The van der Waals surface area contributed by atoms with Gasteiger partial charge in [0.15, 0.2) is 0 Å². The second-order valence-corrected chi connectivity index (χ2v) is 5.44. The van der Waals surface area contributed by atoms with E-state index in [1.165, 1.54) is 0 Å². The molecular formula is C15H23NO3. The number of nitrogens with one attached hydrogen (secondary N) is 1.